The van der Waals surface area contributed by atoms with Gasteiger partial charge in [-0.05, 0) is 62.5 Å². The summed E-state index contributed by atoms with van der Waals surface area (Å²) in [6.07, 6.45) is 3.93. The largest absolute Gasteiger partial charge is 0.312 e. The first-order valence-corrected chi connectivity index (χ1v) is 7.57. The summed E-state index contributed by atoms with van der Waals surface area (Å²) < 4.78 is 0. The Morgan fingerprint density at radius 1 is 1.47 bits per heavy atom. The van der Waals surface area contributed by atoms with Crippen LogP contribution in [0, 0.1) is 0 Å². The first-order chi connectivity index (χ1) is 8.16. The van der Waals surface area contributed by atoms with Crippen molar-refractivity contribution in [1.82, 2.24) is 10.2 Å². The van der Waals surface area contributed by atoms with Crippen molar-refractivity contribution in [3.8, 4) is 0 Å². The van der Waals surface area contributed by atoms with Crippen LogP contribution in [0.15, 0.2) is 16.8 Å². The Hall–Kier alpha value is -0.380. The second-order valence-electron chi connectivity index (χ2n) is 5.39. The van der Waals surface area contributed by atoms with Gasteiger partial charge in [-0.2, -0.15) is 11.3 Å². The summed E-state index contributed by atoms with van der Waals surface area (Å²) in [6.45, 7) is 5.70. The lowest BCUT2D eigenvalue weighted by atomic mass is 10.1. The van der Waals surface area contributed by atoms with Gasteiger partial charge in [0.05, 0.1) is 0 Å². The summed E-state index contributed by atoms with van der Waals surface area (Å²) in [4.78, 5) is 2.52. The highest BCUT2D eigenvalue weighted by molar-refractivity contribution is 7.07. The molecule has 1 N–H and O–H groups in total. The zero-order valence-corrected chi connectivity index (χ0v) is 12.0. The lowest BCUT2D eigenvalue weighted by Gasteiger charge is -2.26. The van der Waals surface area contributed by atoms with Crippen molar-refractivity contribution in [2.45, 2.75) is 51.2 Å². The average molecular weight is 252 g/mol. The Labute approximate surface area is 109 Å². The van der Waals surface area contributed by atoms with E-state index in [1.807, 2.05) is 0 Å². The summed E-state index contributed by atoms with van der Waals surface area (Å²) in [5, 5.41) is 8.05. The summed E-state index contributed by atoms with van der Waals surface area (Å²) in [5.41, 5.74) is 1.46. The van der Waals surface area contributed by atoms with Gasteiger partial charge in [0.25, 0.3) is 0 Å². The van der Waals surface area contributed by atoms with Crippen molar-refractivity contribution in [3.05, 3.63) is 22.4 Å². The molecule has 0 aliphatic heterocycles. The highest BCUT2D eigenvalue weighted by Gasteiger charge is 2.28. The number of rotatable bonds is 7. The van der Waals surface area contributed by atoms with Crippen LogP contribution in [0.3, 0.4) is 0 Å². The second kappa shape index (κ2) is 5.98. The highest BCUT2D eigenvalue weighted by Crippen LogP contribution is 2.26. The molecule has 17 heavy (non-hydrogen) atoms. The zero-order chi connectivity index (χ0) is 12.3. The lowest BCUT2D eigenvalue weighted by Crippen LogP contribution is -2.42. The minimum Gasteiger partial charge on any atom is -0.312 e. The van der Waals surface area contributed by atoms with E-state index in [1.54, 1.807) is 11.3 Å². The smallest absolute Gasteiger partial charge is 0.0192 e. The fraction of sp³-hybridized carbons (Fsp3) is 0.714. The van der Waals surface area contributed by atoms with Gasteiger partial charge < -0.3 is 5.32 Å². The molecule has 1 fully saturated rings. The van der Waals surface area contributed by atoms with E-state index in [-0.39, 0.29) is 0 Å². The number of likely N-dealkylation sites (N-methyl/N-ethyl adjacent to an activating group) is 1. The predicted molar refractivity (Wildman–Crippen MR) is 75.7 cm³/mol. The molecule has 0 radical (unpaired) electrons. The molecule has 1 aromatic heterocycles. The summed E-state index contributed by atoms with van der Waals surface area (Å²) in [5.74, 6) is 0. The quantitative estimate of drug-likeness (QED) is 0.803. The minimum atomic E-state index is 0.569. The number of thiophene rings is 1. The molecule has 1 saturated carbocycles. The normalized spacial score (nSPS) is 19.5. The number of hydrogen-bond donors (Lipinski definition) is 1. The molecule has 1 aromatic rings. The van der Waals surface area contributed by atoms with Crippen molar-refractivity contribution < 1.29 is 0 Å². The van der Waals surface area contributed by atoms with Crippen LogP contribution in [-0.2, 0) is 6.42 Å². The number of nitrogens with zero attached hydrogens (tertiary/aromatic N) is 1. The van der Waals surface area contributed by atoms with Crippen LogP contribution in [-0.4, -0.2) is 36.6 Å². The molecule has 2 rings (SSSR count). The molecule has 0 aromatic carbocycles. The van der Waals surface area contributed by atoms with Crippen molar-refractivity contribution in [2.24, 2.45) is 0 Å². The first-order valence-electron chi connectivity index (χ1n) is 6.63. The lowest BCUT2D eigenvalue weighted by molar-refractivity contribution is 0.236. The maximum absolute atomic E-state index is 3.65. The molecule has 0 unspecified atom stereocenters. The van der Waals surface area contributed by atoms with Crippen LogP contribution in [0.1, 0.15) is 32.3 Å². The molecule has 1 aliphatic carbocycles. The van der Waals surface area contributed by atoms with Crippen molar-refractivity contribution >= 4 is 11.3 Å². The van der Waals surface area contributed by atoms with Gasteiger partial charge in [-0.3, -0.25) is 4.90 Å². The van der Waals surface area contributed by atoms with Crippen LogP contribution in [0.25, 0.3) is 0 Å². The molecule has 0 bridgehead atoms. The number of hydrogen-bond acceptors (Lipinski definition) is 3. The molecule has 96 valence electrons. The van der Waals surface area contributed by atoms with E-state index in [1.165, 1.54) is 18.4 Å². The Bertz CT molecular complexity index is 319. The van der Waals surface area contributed by atoms with E-state index in [0.717, 1.165) is 19.0 Å². The van der Waals surface area contributed by atoms with Crippen LogP contribution in [0.4, 0.5) is 0 Å². The summed E-state index contributed by atoms with van der Waals surface area (Å²) in [6, 6.07) is 4.30. The van der Waals surface area contributed by atoms with Crippen LogP contribution in [0.5, 0.6) is 0 Å². The Morgan fingerprint density at radius 3 is 2.82 bits per heavy atom. The average Bonchev–Trinajstić information content (AvgIpc) is 3.05. The summed E-state index contributed by atoms with van der Waals surface area (Å²) >= 11 is 1.79. The van der Waals surface area contributed by atoms with Gasteiger partial charge in [-0.1, -0.05) is 0 Å². The van der Waals surface area contributed by atoms with Gasteiger partial charge in [0.15, 0.2) is 0 Å². The molecule has 3 heteroatoms. The highest BCUT2D eigenvalue weighted by atomic mass is 32.1. The topological polar surface area (TPSA) is 15.3 Å². The molecule has 2 atom stereocenters. The van der Waals surface area contributed by atoms with Gasteiger partial charge in [-0.25, -0.2) is 0 Å². The Kier molecular flexibility index (Phi) is 4.60. The Balaban J connectivity index is 1.66. The molecule has 1 aliphatic rings. The Morgan fingerprint density at radius 2 is 2.24 bits per heavy atom. The van der Waals surface area contributed by atoms with E-state index < -0.39 is 0 Å². The monoisotopic (exact) mass is 252 g/mol. The van der Waals surface area contributed by atoms with Crippen LogP contribution < -0.4 is 5.32 Å². The molecule has 0 amide bonds. The van der Waals surface area contributed by atoms with E-state index in [2.05, 4.69) is 47.9 Å². The first kappa shape index (κ1) is 13.1. The third-order valence-corrected chi connectivity index (χ3v) is 4.43. The van der Waals surface area contributed by atoms with Gasteiger partial charge in [0.1, 0.15) is 0 Å². The van der Waals surface area contributed by atoms with Gasteiger partial charge >= 0.3 is 0 Å². The zero-order valence-electron chi connectivity index (χ0n) is 11.1. The van der Waals surface area contributed by atoms with Crippen molar-refractivity contribution in [1.29, 1.82) is 0 Å². The third kappa shape index (κ3) is 4.09. The van der Waals surface area contributed by atoms with Crippen molar-refractivity contribution in [2.75, 3.05) is 13.6 Å². The minimum absolute atomic E-state index is 0.569. The second-order valence-corrected chi connectivity index (χ2v) is 6.17. The van der Waals surface area contributed by atoms with Gasteiger partial charge in [0.2, 0.25) is 0 Å². The van der Waals surface area contributed by atoms with Gasteiger partial charge in [0, 0.05) is 24.7 Å². The van der Waals surface area contributed by atoms with E-state index in [9.17, 15) is 0 Å². The maximum atomic E-state index is 3.65. The molecule has 2 nitrogen and oxygen atoms in total. The summed E-state index contributed by atoms with van der Waals surface area (Å²) in [7, 11) is 2.26. The third-order valence-electron chi connectivity index (χ3n) is 3.70. The SMILES string of the molecule is C[C@H](Cc1ccsc1)NC[C@H](C)N(C)C1CC1. The number of nitrogens with one attached hydrogen (secondary N) is 1. The van der Waals surface area contributed by atoms with E-state index in [4.69, 9.17) is 0 Å². The molecular formula is C14H24N2S. The fourth-order valence-electron chi connectivity index (χ4n) is 2.19. The molecule has 0 spiro atoms. The van der Waals surface area contributed by atoms with Crippen LogP contribution in [0.2, 0.25) is 0 Å². The molecule has 0 saturated heterocycles. The maximum Gasteiger partial charge on any atom is 0.0192 e. The standard InChI is InChI=1S/C14H24N2S/c1-11(8-13-6-7-17-10-13)15-9-12(2)16(3)14-4-5-14/h6-7,10-12,14-15H,4-5,8-9H2,1-3H3/t11-,12+/m1/s1. The van der Waals surface area contributed by atoms with Crippen molar-refractivity contribution in [3.63, 3.8) is 0 Å². The molecular weight excluding hydrogens is 228 g/mol. The predicted octanol–water partition coefficient (Wildman–Crippen LogP) is 2.75. The van der Waals surface area contributed by atoms with E-state index in [0.29, 0.717) is 12.1 Å². The van der Waals surface area contributed by atoms with Crippen LogP contribution >= 0.6 is 11.3 Å². The van der Waals surface area contributed by atoms with Gasteiger partial charge in [-0.15, -0.1) is 0 Å². The molecule has 1 heterocycles. The fourth-order valence-corrected chi connectivity index (χ4v) is 2.87. The van der Waals surface area contributed by atoms with E-state index >= 15 is 0 Å².